The molecule has 0 saturated heterocycles. The fourth-order valence-corrected chi connectivity index (χ4v) is 3.86. The van der Waals surface area contributed by atoms with Gasteiger partial charge in [0.05, 0.1) is 12.5 Å². The molecule has 2 atom stereocenters. The molecule has 0 heterocycles. The number of amides is 2. The molecule has 0 aliphatic heterocycles. The summed E-state index contributed by atoms with van der Waals surface area (Å²) in [4.78, 5) is 24.1. The second-order valence-corrected chi connectivity index (χ2v) is 7.46. The van der Waals surface area contributed by atoms with Gasteiger partial charge in [0.15, 0.2) is 0 Å². The number of rotatable bonds is 6. The van der Waals surface area contributed by atoms with Crippen LogP contribution in [0.3, 0.4) is 0 Å². The van der Waals surface area contributed by atoms with Crippen LogP contribution >= 0.6 is 0 Å². The number of aryl methyl sites for hydroxylation is 2. The van der Waals surface area contributed by atoms with E-state index in [1.165, 1.54) is 18.1 Å². The zero-order valence-corrected chi connectivity index (χ0v) is 16.1. The van der Waals surface area contributed by atoms with Crippen LogP contribution in [0.5, 0.6) is 0 Å². The fraction of sp³-hybridized carbons (Fsp3) is 0.391. The maximum atomic E-state index is 12.6. The van der Waals surface area contributed by atoms with Gasteiger partial charge in [-0.2, -0.15) is 0 Å². The molecule has 2 N–H and O–H groups in total. The van der Waals surface area contributed by atoms with Crippen molar-refractivity contribution in [2.75, 3.05) is 6.54 Å². The molecule has 27 heavy (non-hydrogen) atoms. The summed E-state index contributed by atoms with van der Waals surface area (Å²) in [5, 5.41) is 5.99. The smallest absolute Gasteiger partial charge is 0.222 e. The first-order valence-electron chi connectivity index (χ1n) is 9.71. The molecule has 2 aromatic rings. The highest BCUT2D eigenvalue weighted by Gasteiger charge is 2.22. The molecule has 2 aromatic carbocycles. The number of benzene rings is 2. The predicted molar refractivity (Wildman–Crippen MR) is 107 cm³/mol. The van der Waals surface area contributed by atoms with Gasteiger partial charge in [-0.1, -0.05) is 54.1 Å². The quantitative estimate of drug-likeness (QED) is 0.819. The van der Waals surface area contributed by atoms with E-state index in [1.54, 1.807) is 0 Å². The molecule has 1 aliphatic carbocycles. The molecule has 1 aliphatic rings. The number of carbonyl (C=O) groups is 2. The highest BCUT2D eigenvalue weighted by atomic mass is 16.2. The molecule has 0 spiro atoms. The molecule has 0 fully saturated rings. The normalized spacial score (nSPS) is 16.9. The molecule has 4 heteroatoms. The monoisotopic (exact) mass is 364 g/mol. The fourth-order valence-electron chi connectivity index (χ4n) is 3.86. The summed E-state index contributed by atoms with van der Waals surface area (Å²) < 4.78 is 0. The van der Waals surface area contributed by atoms with E-state index in [0.29, 0.717) is 12.5 Å². The van der Waals surface area contributed by atoms with Crippen LogP contribution in [-0.2, 0) is 16.0 Å². The van der Waals surface area contributed by atoms with Crippen molar-refractivity contribution in [2.45, 2.75) is 51.5 Å². The Bertz CT molecular complexity index is 798. The molecular weight excluding hydrogens is 336 g/mol. The van der Waals surface area contributed by atoms with Crippen LogP contribution in [0.4, 0.5) is 0 Å². The largest absolute Gasteiger partial charge is 0.355 e. The van der Waals surface area contributed by atoms with Crippen LogP contribution in [0.25, 0.3) is 0 Å². The standard InChI is InChI=1S/C23H28N2O2/c1-16-10-12-19(13-11-16)22(25-17(2)26)14-23(27)24-15-20-8-5-7-18-6-3-4-9-21(18)20/h3-4,6,9-13,20,22H,5,7-8,14-15H2,1-2H3,(H,24,27)(H,25,26). The van der Waals surface area contributed by atoms with E-state index < -0.39 is 0 Å². The number of hydrogen-bond acceptors (Lipinski definition) is 2. The van der Waals surface area contributed by atoms with Gasteiger partial charge in [0.2, 0.25) is 11.8 Å². The predicted octanol–water partition coefficient (Wildman–Crippen LogP) is 3.80. The van der Waals surface area contributed by atoms with Crippen molar-refractivity contribution in [1.82, 2.24) is 10.6 Å². The summed E-state index contributed by atoms with van der Waals surface area (Å²) in [6.45, 7) is 4.15. The summed E-state index contributed by atoms with van der Waals surface area (Å²) in [6, 6.07) is 16.2. The van der Waals surface area contributed by atoms with Crippen molar-refractivity contribution in [3.8, 4) is 0 Å². The third-order valence-electron chi connectivity index (χ3n) is 5.29. The van der Waals surface area contributed by atoms with Crippen molar-refractivity contribution >= 4 is 11.8 Å². The Labute approximate surface area is 161 Å². The van der Waals surface area contributed by atoms with Crippen LogP contribution in [0.1, 0.15) is 60.4 Å². The zero-order chi connectivity index (χ0) is 19.2. The highest BCUT2D eigenvalue weighted by Crippen LogP contribution is 2.30. The van der Waals surface area contributed by atoms with Gasteiger partial charge >= 0.3 is 0 Å². The van der Waals surface area contributed by atoms with Crippen LogP contribution in [-0.4, -0.2) is 18.4 Å². The van der Waals surface area contributed by atoms with Crippen LogP contribution < -0.4 is 10.6 Å². The van der Waals surface area contributed by atoms with Crippen LogP contribution in [0.15, 0.2) is 48.5 Å². The van der Waals surface area contributed by atoms with E-state index in [-0.39, 0.29) is 24.3 Å². The van der Waals surface area contributed by atoms with E-state index in [1.807, 2.05) is 31.2 Å². The Morgan fingerprint density at radius 2 is 1.85 bits per heavy atom. The summed E-state index contributed by atoms with van der Waals surface area (Å²) in [5.74, 6) is 0.212. The minimum atomic E-state index is -0.304. The average Bonchev–Trinajstić information content (AvgIpc) is 2.66. The summed E-state index contributed by atoms with van der Waals surface area (Å²) in [7, 11) is 0. The maximum absolute atomic E-state index is 12.6. The number of nitrogens with one attached hydrogen (secondary N) is 2. The lowest BCUT2D eigenvalue weighted by Crippen LogP contribution is -2.34. The van der Waals surface area contributed by atoms with Crippen LogP contribution in [0, 0.1) is 6.92 Å². The lowest BCUT2D eigenvalue weighted by molar-refractivity contribution is -0.122. The topological polar surface area (TPSA) is 58.2 Å². The SMILES string of the molecule is CC(=O)NC(CC(=O)NCC1CCCc2ccccc21)c1ccc(C)cc1. The first kappa shape index (κ1) is 19.2. The van der Waals surface area contributed by atoms with Gasteiger partial charge in [0.25, 0.3) is 0 Å². The maximum Gasteiger partial charge on any atom is 0.222 e. The lowest BCUT2D eigenvalue weighted by Gasteiger charge is -2.26. The van der Waals surface area contributed by atoms with Crippen LogP contribution in [0.2, 0.25) is 0 Å². The minimum Gasteiger partial charge on any atom is -0.355 e. The molecule has 4 nitrogen and oxygen atoms in total. The van der Waals surface area contributed by atoms with Gasteiger partial charge in [-0.05, 0) is 42.9 Å². The Balaban J connectivity index is 1.61. The van der Waals surface area contributed by atoms with E-state index in [2.05, 4.69) is 34.9 Å². The Morgan fingerprint density at radius 3 is 2.59 bits per heavy atom. The first-order valence-corrected chi connectivity index (χ1v) is 9.71. The Morgan fingerprint density at radius 1 is 1.11 bits per heavy atom. The van der Waals surface area contributed by atoms with E-state index >= 15 is 0 Å². The zero-order valence-electron chi connectivity index (χ0n) is 16.1. The van der Waals surface area contributed by atoms with Crippen molar-refractivity contribution in [1.29, 1.82) is 0 Å². The van der Waals surface area contributed by atoms with E-state index in [4.69, 9.17) is 0 Å². The molecule has 142 valence electrons. The van der Waals surface area contributed by atoms with Gasteiger partial charge < -0.3 is 10.6 Å². The summed E-state index contributed by atoms with van der Waals surface area (Å²) in [5.41, 5.74) is 4.87. The lowest BCUT2D eigenvalue weighted by atomic mass is 9.83. The third-order valence-corrected chi connectivity index (χ3v) is 5.29. The third kappa shape index (κ3) is 5.19. The molecule has 2 amide bonds. The minimum absolute atomic E-state index is 0.0302. The summed E-state index contributed by atoms with van der Waals surface area (Å²) >= 11 is 0. The van der Waals surface area contributed by atoms with Gasteiger partial charge in [0, 0.05) is 19.4 Å². The Hall–Kier alpha value is -2.62. The second-order valence-electron chi connectivity index (χ2n) is 7.46. The van der Waals surface area contributed by atoms with Crippen molar-refractivity contribution in [2.24, 2.45) is 0 Å². The molecule has 3 rings (SSSR count). The number of fused-ring (bicyclic) bond motifs is 1. The molecule has 0 bridgehead atoms. The van der Waals surface area contributed by atoms with E-state index in [9.17, 15) is 9.59 Å². The molecule has 0 saturated carbocycles. The first-order chi connectivity index (χ1) is 13.0. The Kier molecular flexibility index (Phi) is 6.28. The van der Waals surface area contributed by atoms with Gasteiger partial charge in [-0.25, -0.2) is 0 Å². The van der Waals surface area contributed by atoms with Gasteiger partial charge in [-0.3, -0.25) is 9.59 Å². The highest BCUT2D eigenvalue weighted by molar-refractivity contribution is 5.79. The van der Waals surface area contributed by atoms with Crippen molar-refractivity contribution in [3.63, 3.8) is 0 Å². The molecule has 0 aromatic heterocycles. The van der Waals surface area contributed by atoms with Gasteiger partial charge in [0.1, 0.15) is 0 Å². The molecular formula is C23H28N2O2. The second kappa shape index (κ2) is 8.85. The molecule has 0 radical (unpaired) electrons. The van der Waals surface area contributed by atoms with Crippen molar-refractivity contribution in [3.05, 3.63) is 70.8 Å². The van der Waals surface area contributed by atoms with Gasteiger partial charge in [-0.15, -0.1) is 0 Å². The van der Waals surface area contributed by atoms with Crippen molar-refractivity contribution < 1.29 is 9.59 Å². The van der Waals surface area contributed by atoms with E-state index in [0.717, 1.165) is 30.4 Å². The number of hydrogen-bond donors (Lipinski definition) is 2. The molecule has 2 unspecified atom stereocenters. The number of carbonyl (C=O) groups excluding carboxylic acids is 2. The average molecular weight is 364 g/mol. The summed E-state index contributed by atoms with van der Waals surface area (Å²) in [6.07, 6.45) is 3.63.